The Balaban J connectivity index is 2.24. The van der Waals surface area contributed by atoms with Crippen LogP contribution in [0, 0.1) is 5.82 Å². The van der Waals surface area contributed by atoms with Crippen LogP contribution in [-0.4, -0.2) is 41.5 Å². The fraction of sp³-hybridized carbons (Fsp3) is 0.400. The van der Waals surface area contributed by atoms with Crippen molar-refractivity contribution in [3.8, 4) is 0 Å². The molecule has 1 aromatic rings. The minimum Gasteiger partial charge on any atom is -0.259 e. The number of benzene rings is 1. The van der Waals surface area contributed by atoms with E-state index in [0.29, 0.717) is 11.5 Å². The molecule has 1 aromatic carbocycles. The lowest BCUT2D eigenvalue weighted by molar-refractivity contribution is 0.438. The summed E-state index contributed by atoms with van der Waals surface area (Å²) in [7, 11) is -4.49. The molecule has 17 heavy (non-hydrogen) atoms. The molecule has 0 aliphatic carbocycles. The van der Waals surface area contributed by atoms with Crippen LogP contribution in [0.4, 0.5) is 4.39 Å². The summed E-state index contributed by atoms with van der Waals surface area (Å²) >= 11 is 0. The van der Waals surface area contributed by atoms with Gasteiger partial charge in [-0.25, -0.2) is 12.8 Å². The monoisotopic (exact) mass is 277 g/mol. The van der Waals surface area contributed by atoms with Gasteiger partial charge in [0.05, 0.1) is 4.90 Å². The van der Waals surface area contributed by atoms with Crippen LogP contribution in [0.15, 0.2) is 29.2 Å². The molecule has 0 unspecified atom stereocenters. The summed E-state index contributed by atoms with van der Waals surface area (Å²) in [6.45, 7) is 0.513. The molecule has 4 nitrogen and oxygen atoms in total. The maximum Gasteiger partial charge on any atom is 0.243 e. The van der Waals surface area contributed by atoms with Gasteiger partial charge in [0, 0.05) is 35.4 Å². The largest absolute Gasteiger partial charge is 0.259 e. The van der Waals surface area contributed by atoms with E-state index >= 15 is 0 Å². The highest BCUT2D eigenvalue weighted by molar-refractivity contribution is 7.89. The number of hydrogen-bond donors (Lipinski definition) is 0. The molecule has 1 aliphatic rings. The summed E-state index contributed by atoms with van der Waals surface area (Å²) in [4.78, 5) is 0.0755. The molecule has 0 saturated carbocycles. The van der Waals surface area contributed by atoms with E-state index in [4.69, 9.17) is 0 Å². The first-order valence-corrected chi connectivity index (χ1v) is 8.03. The van der Waals surface area contributed by atoms with Crippen LogP contribution in [0.1, 0.15) is 0 Å². The van der Waals surface area contributed by atoms with Crippen LogP contribution in [0.25, 0.3) is 0 Å². The number of rotatable bonds is 2. The molecule has 94 valence electrons. The molecule has 0 spiro atoms. The SMILES string of the molecule is O=S1CCN(S(=O)(=O)c2ccc(F)cc2)CC1. The third-order valence-electron chi connectivity index (χ3n) is 2.59. The minimum absolute atomic E-state index is 0.0755. The number of hydrogen-bond acceptors (Lipinski definition) is 3. The summed E-state index contributed by atoms with van der Waals surface area (Å²) in [6.07, 6.45) is 0. The first-order chi connectivity index (χ1) is 8.00. The lowest BCUT2D eigenvalue weighted by Crippen LogP contribution is -2.41. The van der Waals surface area contributed by atoms with Gasteiger partial charge in [0.2, 0.25) is 10.0 Å². The second-order valence-electron chi connectivity index (χ2n) is 3.71. The first kappa shape index (κ1) is 12.7. The van der Waals surface area contributed by atoms with Gasteiger partial charge in [-0.2, -0.15) is 4.31 Å². The van der Waals surface area contributed by atoms with E-state index in [9.17, 15) is 17.0 Å². The second kappa shape index (κ2) is 4.83. The summed E-state index contributed by atoms with van der Waals surface area (Å²) in [6, 6.07) is 4.73. The Morgan fingerprint density at radius 1 is 1.12 bits per heavy atom. The van der Waals surface area contributed by atoms with Crippen molar-refractivity contribution in [2.24, 2.45) is 0 Å². The fourth-order valence-electron chi connectivity index (χ4n) is 1.62. The number of halogens is 1. The molecule has 1 aliphatic heterocycles. The second-order valence-corrected chi connectivity index (χ2v) is 7.34. The predicted molar refractivity (Wildman–Crippen MR) is 63.0 cm³/mol. The van der Waals surface area contributed by atoms with Crippen LogP contribution in [0.5, 0.6) is 0 Å². The van der Waals surface area contributed by atoms with Gasteiger partial charge in [0.1, 0.15) is 5.82 Å². The standard InChI is InChI=1S/C10H12FNO3S2/c11-9-1-3-10(4-2-9)17(14,15)12-5-7-16(13)8-6-12/h1-4H,5-8H2. The van der Waals surface area contributed by atoms with Gasteiger partial charge in [-0.3, -0.25) is 4.21 Å². The average Bonchev–Trinajstić information content (AvgIpc) is 2.30. The van der Waals surface area contributed by atoms with Crippen LogP contribution < -0.4 is 0 Å². The Labute approximate surface area is 102 Å². The van der Waals surface area contributed by atoms with E-state index in [0.717, 1.165) is 12.1 Å². The van der Waals surface area contributed by atoms with Crippen molar-refractivity contribution in [1.29, 1.82) is 0 Å². The smallest absolute Gasteiger partial charge is 0.243 e. The summed E-state index contributed by atoms with van der Waals surface area (Å²) in [5.74, 6) is 0.254. The molecule has 7 heteroatoms. The predicted octanol–water partition coefficient (Wildman–Crippen LogP) is 0.579. The third kappa shape index (κ3) is 2.72. The minimum atomic E-state index is -3.57. The van der Waals surface area contributed by atoms with Crippen LogP contribution in [-0.2, 0) is 20.8 Å². The van der Waals surface area contributed by atoms with Crippen molar-refractivity contribution >= 4 is 20.8 Å². The van der Waals surface area contributed by atoms with E-state index in [2.05, 4.69) is 0 Å². The molecule has 0 aromatic heterocycles. The molecule has 0 N–H and O–H groups in total. The summed E-state index contributed by atoms with van der Waals surface area (Å²) < 4.78 is 49.4. The fourth-order valence-corrected chi connectivity index (χ4v) is 4.34. The van der Waals surface area contributed by atoms with Crippen molar-refractivity contribution in [3.05, 3.63) is 30.1 Å². The maximum atomic E-state index is 12.7. The number of nitrogens with zero attached hydrogens (tertiary/aromatic N) is 1. The number of sulfonamides is 1. The van der Waals surface area contributed by atoms with E-state index < -0.39 is 26.6 Å². The highest BCUT2D eigenvalue weighted by Gasteiger charge is 2.27. The van der Waals surface area contributed by atoms with Crippen molar-refractivity contribution < 1.29 is 17.0 Å². The van der Waals surface area contributed by atoms with Crippen LogP contribution in [0.3, 0.4) is 0 Å². The molecule has 1 heterocycles. The Bertz CT molecular complexity index is 517. The van der Waals surface area contributed by atoms with Gasteiger partial charge in [-0.15, -0.1) is 0 Å². The topological polar surface area (TPSA) is 54.5 Å². The zero-order chi connectivity index (χ0) is 12.5. The van der Waals surface area contributed by atoms with Gasteiger partial charge in [0.25, 0.3) is 0 Å². The third-order valence-corrected chi connectivity index (χ3v) is 5.78. The van der Waals surface area contributed by atoms with Crippen LogP contribution in [0.2, 0.25) is 0 Å². The van der Waals surface area contributed by atoms with Crippen molar-refractivity contribution in [2.45, 2.75) is 4.90 Å². The van der Waals surface area contributed by atoms with E-state index in [-0.39, 0.29) is 18.0 Å². The molecule has 0 amide bonds. The average molecular weight is 277 g/mol. The molecule has 0 atom stereocenters. The molecule has 0 bridgehead atoms. The summed E-state index contributed by atoms with van der Waals surface area (Å²) in [5.41, 5.74) is 0. The molecule has 1 fully saturated rings. The van der Waals surface area contributed by atoms with Crippen molar-refractivity contribution in [3.63, 3.8) is 0 Å². The Morgan fingerprint density at radius 2 is 1.65 bits per heavy atom. The molecular weight excluding hydrogens is 265 g/mol. The molecular formula is C10H12FNO3S2. The first-order valence-electron chi connectivity index (χ1n) is 5.11. The lowest BCUT2D eigenvalue weighted by atomic mass is 10.4. The normalized spacial score (nSPS) is 19.4. The van der Waals surface area contributed by atoms with Gasteiger partial charge in [-0.05, 0) is 24.3 Å². The molecule has 1 saturated heterocycles. The Kier molecular flexibility index (Phi) is 3.60. The van der Waals surface area contributed by atoms with Gasteiger partial charge in [0.15, 0.2) is 0 Å². The Morgan fingerprint density at radius 3 is 2.18 bits per heavy atom. The van der Waals surface area contributed by atoms with E-state index in [1.54, 1.807) is 0 Å². The molecule has 2 rings (SSSR count). The van der Waals surface area contributed by atoms with E-state index in [1.165, 1.54) is 16.4 Å². The Hall–Kier alpha value is -0.790. The quantitative estimate of drug-likeness (QED) is 0.794. The van der Waals surface area contributed by atoms with Gasteiger partial charge in [-0.1, -0.05) is 0 Å². The van der Waals surface area contributed by atoms with Crippen molar-refractivity contribution in [2.75, 3.05) is 24.6 Å². The molecule has 0 radical (unpaired) electrons. The van der Waals surface area contributed by atoms with Gasteiger partial charge < -0.3 is 0 Å². The highest BCUT2D eigenvalue weighted by atomic mass is 32.2. The summed E-state index contributed by atoms with van der Waals surface area (Å²) in [5, 5.41) is 0. The maximum absolute atomic E-state index is 12.7. The highest BCUT2D eigenvalue weighted by Crippen LogP contribution is 2.17. The zero-order valence-corrected chi connectivity index (χ0v) is 10.6. The van der Waals surface area contributed by atoms with E-state index in [1.807, 2.05) is 0 Å². The van der Waals surface area contributed by atoms with Crippen LogP contribution >= 0.6 is 0 Å². The lowest BCUT2D eigenvalue weighted by Gasteiger charge is -2.25. The van der Waals surface area contributed by atoms with Gasteiger partial charge >= 0.3 is 0 Å². The zero-order valence-electron chi connectivity index (χ0n) is 9.00. The van der Waals surface area contributed by atoms with Crippen molar-refractivity contribution in [1.82, 2.24) is 4.31 Å².